The summed E-state index contributed by atoms with van der Waals surface area (Å²) in [4.78, 5) is 15.9. The number of benzene rings is 1. The van der Waals surface area contributed by atoms with Crippen LogP contribution in [0, 0.1) is 0 Å². The number of hydrogen-bond acceptors (Lipinski definition) is 2. The third kappa shape index (κ3) is 4.03. The molecule has 1 aromatic carbocycles. The molecule has 0 saturated heterocycles. The third-order valence-corrected chi connectivity index (χ3v) is 3.04. The minimum Gasteiger partial charge on any atom is -0.321 e. The van der Waals surface area contributed by atoms with Crippen molar-refractivity contribution in [1.82, 2.24) is 4.98 Å². The lowest BCUT2D eigenvalue weighted by atomic mass is 10.1. The van der Waals surface area contributed by atoms with Crippen LogP contribution in [-0.4, -0.2) is 10.9 Å². The minimum absolute atomic E-state index is 0.162. The Kier molecular flexibility index (Phi) is 4.47. The molecule has 0 saturated carbocycles. The molecule has 2 aromatic rings. The van der Waals surface area contributed by atoms with E-state index in [1.54, 1.807) is 24.4 Å². The summed E-state index contributed by atoms with van der Waals surface area (Å²) in [6.07, 6.45) is 3.19. The molecule has 0 aliphatic carbocycles. The average Bonchev–Trinajstić information content (AvgIpc) is 2.42. The largest absolute Gasteiger partial charge is 0.321 e. The molecule has 0 bridgehead atoms. The second-order valence-corrected chi connectivity index (χ2v) is 4.86. The first-order valence-corrected chi connectivity index (χ1v) is 6.61. The summed E-state index contributed by atoms with van der Waals surface area (Å²) < 4.78 is 0.738. The van der Waals surface area contributed by atoms with E-state index in [-0.39, 0.29) is 5.91 Å². The molecule has 1 aromatic heterocycles. The molecule has 96 valence electrons. The van der Waals surface area contributed by atoms with Crippen LogP contribution in [0.2, 0.25) is 0 Å². The fraction of sp³-hybridized carbons (Fsp3) is 0.0667. The molecule has 1 amide bonds. The molecule has 0 spiro atoms. The van der Waals surface area contributed by atoms with Crippen LogP contribution < -0.4 is 5.32 Å². The minimum atomic E-state index is -0.162. The number of halogens is 1. The molecular formula is C15H13BrN2O. The lowest BCUT2D eigenvalue weighted by Gasteiger charge is -2.04. The van der Waals surface area contributed by atoms with Crippen LogP contribution in [-0.2, 0) is 4.79 Å². The Morgan fingerprint density at radius 3 is 2.58 bits per heavy atom. The highest BCUT2D eigenvalue weighted by Gasteiger charge is 2.01. The smallest absolute Gasteiger partial charge is 0.248 e. The molecule has 0 radical (unpaired) electrons. The average molecular weight is 317 g/mol. The molecular weight excluding hydrogens is 304 g/mol. The van der Waals surface area contributed by atoms with Gasteiger partial charge in [0.05, 0.1) is 11.9 Å². The molecule has 1 N–H and O–H groups in total. The van der Waals surface area contributed by atoms with E-state index < -0.39 is 0 Å². The molecule has 19 heavy (non-hydrogen) atoms. The summed E-state index contributed by atoms with van der Waals surface area (Å²) in [5.41, 5.74) is 2.63. The van der Waals surface area contributed by atoms with Crippen molar-refractivity contribution in [2.24, 2.45) is 0 Å². The van der Waals surface area contributed by atoms with E-state index in [9.17, 15) is 4.79 Å². The number of rotatable bonds is 3. The third-order valence-electron chi connectivity index (χ3n) is 2.57. The Bertz CT molecular complexity index is 591. The van der Waals surface area contributed by atoms with E-state index in [2.05, 4.69) is 26.2 Å². The second kappa shape index (κ2) is 6.29. The van der Waals surface area contributed by atoms with Crippen molar-refractivity contribution in [1.29, 1.82) is 0 Å². The number of allylic oxidation sites excluding steroid dienone is 1. The van der Waals surface area contributed by atoms with Gasteiger partial charge in [-0.3, -0.25) is 4.79 Å². The van der Waals surface area contributed by atoms with Gasteiger partial charge in [-0.15, -0.1) is 0 Å². The number of carbonyl (C=O) groups is 1. The van der Waals surface area contributed by atoms with Crippen molar-refractivity contribution in [3.8, 4) is 0 Å². The van der Waals surface area contributed by atoms with Gasteiger partial charge in [-0.05, 0) is 46.1 Å². The van der Waals surface area contributed by atoms with Gasteiger partial charge in [0.25, 0.3) is 0 Å². The monoisotopic (exact) mass is 316 g/mol. The Morgan fingerprint density at radius 2 is 1.95 bits per heavy atom. The number of aromatic nitrogens is 1. The molecule has 0 unspecified atom stereocenters. The molecule has 4 heteroatoms. The first kappa shape index (κ1) is 13.5. The summed E-state index contributed by atoms with van der Waals surface area (Å²) in [5.74, 6) is -0.162. The maximum absolute atomic E-state index is 11.9. The number of nitrogens with one attached hydrogen (secondary N) is 1. The van der Waals surface area contributed by atoms with Crippen LogP contribution in [0.3, 0.4) is 0 Å². The molecule has 1 heterocycles. The van der Waals surface area contributed by atoms with Crippen molar-refractivity contribution in [2.45, 2.75) is 6.92 Å². The second-order valence-electron chi connectivity index (χ2n) is 4.05. The van der Waals surface area contributed by atoms with Gasteiger partial charge < -0.3 is 5.32 Å². The zero-order valence-electron chi connectivity index (χ0n) is 10.4. The predicted octanol–water partition coefficient (Wildman–Crippen LogP) is 3.89. The van der Waals surface area contributed by atoms with Gasteiger partial charge in [-0.2, -0.15) is 0 Å². The maximum Gasteiger partial charge on any atom is 0.248 e. The first-order chi connectivity index (χ1) is 9.15. The van der Waals surface area contributed by atoms with Gasteiger partial charge in [0.2, 0.25) is 5.91 Å². The lowest BCUT2D eigenvalue weighted by molar-refractivity contribution is -0.111. The Labute approximate surface area is 120 Å². The van der Waals surface area contributed by atoms with Gasteiger partial charge in [0, 0.05) is 6.08 Å². The number of carbonyl (C=O) groups excluding carboxylic acids is 1. The van der Waals surface area contributed by atoms with E-state index in [0.29, 0.717) is 5.69 Å². The maximum atomic E-state index is 11.9. The van der Waals surface area contributed by atoms with Crippen LogP contribution in [0.4, 0.5) is 5.69 Å². The number of hydrogen-bond donors (Lipinski definition) is 1. The lowest BCUT2D eigenvalue weighted by Crippen LogP contribution is -2.08. The normalized spacial score (nSPS) is 11.2. The van der Waals surface area contributed by atoms with Gasteiger partial charge in [-0.1, -0.05) is 30.3 Å². The van der Waals surface area contributed by atoms with Crippen molar-refractivity contribution in [3.05, 3.63) is 64.9 Å². The summed E-state index contributed by atoms with van der Waals surface area (Å²) in [5, 5.41) is 2.77. The number of pyridine rings is 1. The number of anilines is 1. The zero-order chi connectivity index (χ0) is 13.7. The molecule has 2 rings (SSSR count). The van der Waals surface area contributed by atoms with Gasteiger partial charge in [0.1, 0.15) is 4.60 Å². The quantitative estimate of drug-likeness (QED) is 0.689. The van der Waals surface area contributed by atoms with Crippen molar-refractivity contribution >= 4 is 33.1 Å². The van der Waals surface area contributed by atoms with E-state index >= 15 is 0 Å². The van der Waals surface area contributed by atoms with E-state index in [1.165, 1.54) is 0 Å². The Morgan fingerprint density at radius 1 is 1.21 bits per heavy atom. The standard InChI is InChI=1S/C15H13BrN2O/c1-11(12-5-3-2-4-6-12)9-15(19)18-13-7-8-14(16)17-10-13/h2-10H,1H3,(H,18,19)/b11-9+. The summed E-state index contributed by atoms with van der Waals surface area (Å²) >= 11 is 3.25. The van der Waals surface area contributed by atoms with E-state index in [1.807, 2.05) is 37.3 Å². The SMILES string of the molecule is C/C(=C\C(=O)Nc1ccc(Br)nc1)c1ccccc1. The van der Waals surface area contributed by atoms with Gasteiger partial charge >= 0.3 is 0 Å². The molecule has 3 nitrogen and oxygen atoms in total. The highest BCUT2D eigenvalue weighted by molar-refractivity contribution is 9.10. The first-order valence-electron chi connectivity index (χ1n) is 5.81. The van der Waals surface area contributed by atoms with Crippen LogP contribution in [0.25, 0.3) is 5.57 Å². The number of amides is 1. The van der Waals surface area contributed by atoms with Crippen LogP contribution >= 0.6 is 15.9 Å². The topological polar surface area (TPSA) is 42.0 Å². The van der Waals surface area contributed by atoms with Gasteiger partial charge in [-0.25, -0.2) is 4.98 Å². The van der Waals surface area contributed by atoms with Crippen molar-refractivity contribution in [3.63, 3.8) is 0 Å². The predicted molar refractivity (Wildman–Crippen MR) is 80.7 cm³/mol. The highest BCUT2D eigenvalue weighted by Crippen LogP contribution is 2.14. The molecule has 0 aliphatic heterocycles. The van der Waals surface area contributed by atoms with Gasteiger partial charge in [0.15, 0.2) is 0 Å². The molecule has 0 atom stereocenters. The van der Waals surface area contributed by atoms with Crippen LogP contribution in [0.1, 0.15) is 12.5 Å². The van der Waals surface area contributed by atoms with Crippen LogP contribution in [0.15, 0.2) is 59.3 Å². The van der Waals surface area contributed by atoms with Crippen molar-refractivity contribution in [2.75, 3.05) is 5.32 Å². The fourth-order valence-electron chi connectivity index (χ4n) is 1.61. The van der Waals surface area contributed by atoms with E-state index in [4.69, 9.17) is 0 Å². The number of nitrogens with zero attached hydrogens (tertiary/aromatic N) is 1. The summed E-state index contributed by atoms with van der Waals surface area (Å²) in [6, 6.07) is 13.4. The van der Waals surface area contributed by atoms with E-state index in [0.717, 1.165) is 15.7 Å². The summed E-state index contributed by atoms with van der Waals surface area (Å²) in [6.45, 7) is 1.91. The van der Waals surface area contributed by atoms with Crippen molar-refractivity contribution < 1.29 is 4.79 Å². The fourth-order valence-corrected chi connectivity index (χ4v) is 1.84. The molecule has 0 aliphatic rings. The van der Waals surface area contributed by atoms with Crippen LogP contribution in [0.5, 0.6) is 0 Å². The Hall–Kier alpha value is -1.94. The zero-order valence-corrected chi connectivity index (χ0v) is 12.0. The molecule has 0 fully saturated rings. The summed E-state index contributed by atoms with van der Waals surface area (Å²) in [7, 11) is 0. The highest BCUT2D eigenvalue weighted by atomic mass is 79.9. The Balaban J connectivity index is 2.07.